The first-order chi connectivity index (χ1) is 15.5. The van der Waals surface area contributed by atoms with Crippen LogP contribution in [0.1, 0.15) is 49.8 Å². The second kappa shape index (κ2) is 10.2. The van der Waals surface area contributed by atoms with Crippen molar-refractivity contribution >= 4 is 21.4 Å². The lowest BCUT2D eigenvalue weighted by molar-refractivity contribution is -0.140. The minimum absolute atomic E-state index is 0.00291. The first-order valence-electron chi connectivity index (χ1n) is 11.5. The molecule has 1 amide bonds. The van der Waals surface area contributed by atoms with Gasteiger partial charge in [-0.15, -0.1) is 0 Å². The number of hydrogen-bond donors (Lipinski definition) is 0. The molecule has 0 radical (unpaired) electrons. The maximum atomic E-state index is 13.6. The molecule has 0 N–H and O–H groups in total. The van der Waals surface area contributed by atoms with Crippen molar-refractivity contribution in [3.63, 3.8) is 0 Å². The van der Waals surface area contributed by atoms with Crippen LogP contribution in [-0.2, 0) is 21.2 Å². The summed E-state index contributed by atoms with van der Waals surface area (Å²) in [5, 5.41) is 0. The van der Waals surface area contributed by atoms with Crippen LogP contribution < -0.4 is 9.64 Å². The predicted octanol–water partition coefficient (Wildman–Crippen LogP) is 4.17. The highest BCUT2D eigenvalue weighted by molar-refractivity contribution is 7.91. The molecule has 7 heteroatoms. The molecule has 0 aromatic heterocycles. The van der Waals surface area contributed by atoms with Crippen LogP contribution in [0.25, 0.3) is 0 Å². The largest absolute Gasteiger partial charge is 0.481 e. The van der Waals surface area contributed by atoms with Crippen molar-refractivity contribution in [3.8, 4) is 5.75 Å². The Morgan fingerprint density at radius 2 is 1.76 bits per heavy atom. The molecule has 0 aliphatic carbocycles. The summed E-state index contributed by atoms with van der Waals surface area (Å²) in [7, 11) is 0.819. The fraction of sp³-hybridized carbons (Fsp3) is 0.500. The highest BCUT2D eigenvalue weighted by atomic mass is 32.2. The zero-order chi connectivity index (χ0) is 24.3. The number of sulfone groups is 1. The smallest absolute Gasteiger partial charge is 0.263 e. The van der Waals surface area contributed by atoms with E-state index in [2.05, 4.69) is 13.8 Å². The first kappa shape index (κ1) is 25.1. The summed E-state index contributed by atoms with van der Waals surface area (Å²) in [5.41, 5.74) is 4.14. The number of carbonyl (C=O) groups excluding carboxylic acids is 1. The fourth-order valence-electron chi connectivity index (χ4n) is 4.20. The molecule has 1 fully saturated rings. The summed E-state index contributed by atoms with van der Waals surface area (Å²) in [6.07, 6.45) is -0.271. The van der Waals surface area contributed by atoms with E-state index in [9.17, 15) is 13.2 Å². The van der Waals surface area contributed by atoms with Crippen LogP contribution in [0.15, 0.2) is 42.5 Å². The van der Waals surface area contributed by atoms with Crippen LogP contribution >= 0.6 is 0 Å². The number of anilines is 1. The summed E-state index contributed by atoms with van der Waals surface area (Å²) in [5.74, 6) is 0.897. The SMILES string of the molecule is Cc1ccc(C(C)C)c(O[C@H](C)C(=O)N(Cc2ccc(N(C)C)cc2)[C@H]2CCS(=O)(=O)C2)c1. The van der Waals surface area contributed by atoms with Gasteiger partial charge in [0.05, 0.1) is 11.5 Å². The standard InChI is InChI=1S/C26H36N2O4S/c1-18(2)24-12-7-19(3)15-25(24)32-20(4)26(29)28(23-13-14-33(30,31)17-23)16-21-8-10-22(11-9-21)27(5)6/h7-12,15,18,20,23H,13-14,16-17H2,1-6H3/t20-,23+/m1/s1. The number of aryl methyl sites for hydroxylation is 1. The molecular formula is C26H36N2O4S. The summed E-state index contributed by atoms with van der Waals surface area (Å²) >= 11 is 0. The molecule has 3 rings (SSSR count). The van der Waals surface area contributed by atoms with Gasteiger partial charge in [-0.2, -0.15) is 0 Å². The molecule has 1 aliphatic rings. The van der Waals surface area contributed by atoms with E-state index >= 15 is 0 Å². The summed E-state index contributed by atoms with van der Waals surface area (Å²) in [4.78, 5) is 17.3. The van der Waals surface area contributed by atoms with Crippen LogP contribution in [0.5, 0.6) is 5.75 Å². The van der Waals surface area contributed by atoms with Gasteiger partial charge in [-0.25, -0.2) is 8.42 Å². The fourth-order valence-corrected chi connectivity index (χ4v) is 5.93. The van der Waals surface area contributed by atoms with Crippen molar-refractivity contribution < 1.29 is 17.9 Å². The summed E-state index contributed by atoms with van der Waals surface area (Å²) in [6.45, 7) is 8.29. The molecule has 1 heterocycles. The minimum Gasteiger partial charge on any atom is -0.481 e. The Morgan fingerprint density at radius 3 is 2.30 bits per heavy atom. The van der Waals surface area contributed by atoms with Crippen molar-refractivity contribution in [3.05, 3.63) is 59.2 Å². The third-order valence-electron chi connectivity index (χ3n) is 6.18. The molecule has 1 aliphatic heterocycles. The number of carbonyl (C=O) groups is 1. The zero-order valence-electron chi connectivity index (χ0n) is 20.5. The van der Waals surface area contributed by atoms with Gasteiger partial charge >= 0.3 is 0 Å². The molecule has 0 bridgehead atoms. The van der Waals surface area contributed by atoms with Gasteiger partial charge in [0.25, 0.3) is 5.91 Å². The highest BCUT2D eigenvalue weighted by Crippen LogP contribution is 2.29. The van der Waals surface area contributed by atoms with Gasteiger partial charge in [0, 0.05) is 32.4 Å². The molecule has 2 aromatic carbocycles. The van der Waals surface area contributed by atoms with E-state index in [1.165, 1.54) is 0 Å². The van der Waals surface area contributed by atoms with Gasteiger partial charge in [-0.3, -0.25) is 4.79 Å². The van der Waals surface area contributed by atoms with Crippen LogP contribution in [-0.4, -0.2) is 57.0 Å². The van der Waals surface area contributed by atoms with Gasteiger partial charge in [-0.05, 0) is 61.1 Å². The van der Waals surface area contributed by atoms with Crippen LogP contribution in [0.4, 0.5) is 5.69 Å². The van der Waals surface area contributed by atoms with Gasteiger partial charge in [-0.1, -0.05) is 38.1 Å². The second-order valence-corrected chi connectivity index (χ2v) is 11.8. The lowest BCUT2D eigenvalue weighted by Gasteiger charge is -2.31. The van der Waals surface area contributed by atoms with E-state index in [0.717, 1.165) is 22.4 Å². The first-order valence-corrected chi connectivity index (χ1v) is 13.3. The number of rotatable bonds is 8. The van der Waals surface area contributed by atoms with Crippen molar-refractivity contribution in [2.45, 2.75) is 58.7 Å². The zero-order valence-corrected chi connectivity index (χ0v) is 21.4. The average molecular weight is 473 g/mol. The summed E-state index contributed by atoms with van der Waals surface area (Å²) in [6, 6.07) is 13.7. The summed E-state index contributed by atoms with van der Waals surface area (Å²) < 4.78 is 30.5. The number of amides is 1. The Bertz CT molecular complexity index is 1080. The van der Waals surface area contributed by atoms with E-state index in [1.54, 1.807) is 11.8 Å². The Hall–Kier alpha value is -2.54. The third kappa shape index (κ3) is 6.28. The molecule has 33 heavy (non-hydrogen) atoms. The van der Waals surface area contributed by atoms with E-state index < -0.39 is 15.9 Å². The van der Waals surface area contributed by atoms with Crippen LogP contribution in [0.2, 0.25) is 0 Å². The highest BCUT2D eigenvalue weighted by Gasteiger charge is 2.36. The van der Waals surface area contributed by atoms with Gasteiger partial charge in [0.15, 0.2) is 15.9 Å². The van der Waals surface area contributed by atoms with Crippen LogP contribution in [0.3, 0.4) is 0 Å². The monoisotopic (exact) mass is 472 g/mol. The minimum atomic E-state index is -3.13. The van der Waals surface area contributed by atoms with Gasteiger partial charge < -0.3 is 14.5 Å². The quantitative estimate of drug-likeness (QED) is 0.577. The van der Waals surface area contributed by atoms with E-state index in [0.29, 0.717) is 18.7 Å². The van der Waals surface area contributed by atoms with E-state index in [-0.39, 0.29) is 29.4 Å². The van der Waals surface area contributed by atoms with Crippen molar-refractivity contribution in [2.75, 3.05) is 30.5 Å². The van der Waals surface area contributed by atoms with Gasteiger partial charge in [0.2, 0.25) is 0 Å². The number of nitrogens with zero attached hydrogens (tertiary/aromatic N) is 2. The Morgan fingerprint density at radius 1 is 1.09 bits per heavy atom. The second-order valence-electron chi connectivity index (χ2n) is 9.54. The number of benzene rings is 2. The normalized spacial score (nSPS) is 18.2. The average Bonchev–Trinajstić information content (AvgIpc) is 3.11. The Kier molecular flexibility index (Phi) is 7.73. The molecule has 0 saturated carbocycles. The lowest BCUT2D eigenvalue weighted by atomic mass is 10.0. The predicted molar refractivity (Wildman–Crippen MR) is 134 cm³/mol. The molecular weight excluding hydrogens is 436 g/mol. The van der Waals surface area contributed by atoms with Crippen molar-refractivity contribution in [2.24, 2.45) is 0 Å². The maximum absolute atomic E-state index is 13.6. The molecule has 2 aromatic rings. The molecule has 180 valence electrons. The molecule has 2 atom stereocenters. The molecule has 0 spiro atoms. The molecule has 0 unspecified atom stereocenters. The Labute approximate surface area is 198 Å². The third-order valence-corrected chi connectivity index (χ3v) is 7.93. The number of hydrogen-bond acceptors (Lipinski definition) is 5. The molecule has 1 saturated heterocycles. The van der Waals surface area contributed by atoms with Crippen LogP contribution in [0, 0.1) is 6.92 Å². The van der Waals surface area contributed by atoms with Gasteiger partial charge in [0.1, 0.15) is 5.75 Å². The van der Waals surface area contributed by atoms with Crippen molar-refractivity contribution in [1.29, 1.82) is 0 Å². The van der Waals surface area contributed by atoms with E-state index in [1.807, 2.05) is 68.4 Å². The lowest BCUT2D eigenvalue weighted by Crippen LogP contribution is -2.46. The van der Waals surface area contributed by atoms with Crippen molar-refractivity contribution in [1.82, 2.24) is 4.90 Å². The maximum Gasteiger partial charge on any atom is 0.263 e. The molecule has 6 nitrogen and oxygen atoms in total. The topological polar surface area (TPSA) is 66.9 Å². The Balaban J connectivity index is 1.85. The van der Waals surface area contributed by atoms with E-state index in [4.69, 9.17) is 4.74 Å². The number of ether oxygens (including phenoxy) is 1.